The summed E-state index contributed by atoms with van der Waals surface area (Å²) in [6, 6.07) is 15.5. The number of nitrogens with one attached hydrogen (secondary N) is 1. The fourth-order valence-electron chi connectivity index (χ4n) is 5.14. The third kappa shape index (κ3) is 4.79. The Morgan fingerprint density at radius 3 is 2.24 bits per heavy atom. The molecular weight excluding hydrogens is 432 g/mol. The Labute approximate surface area is 200 Å². The number of fused-ring (bicyclic) bond motifs is 3. The number of likely N-dealkylation sites (tertiary alicyclic amines) is 1. The first-order valence-corrected chi connectivity index (χ1v) is 12.0. The Morgan fingerprint density at radius 2 is 1.68 bits per heavy atom. The molecule has 0 saturated carbocycles. The van der Waals surface area contributed by atoms with E-state index in [1.807, 2.05) is 38.1 Å². The number of carboxylic acids is 1. The molecule has 0 spiro atoms. The average molecular weight is 465 g/mol. The lowest BCUT2D eigenvalue weighted by atomic mass is 9.98. The zero-order chi connectivity index (χ0) is 24.2. The van der Waals surface area contributed by atoms with E-state index in [-0.39, 0.29) is 30.9 Å². The third-order valence-electron chi connectivity index (χ3n) is 7.02. The summed E-state index contributed by atoms with van der Waals surface area (Å²) in [5, 5.41) is 12.2. The number of amides is 2. The second kappa shape index (κ2) is 10.3. The van der Waals surface area contributed by atoms with Crippen LogP contribution in [0.1, 0.15) is 50.2 Å². The minimum Gasteiger partial charge on any atom is -0.481 e. The van der Waals surface area contributed by atoms with Gasteiger partial charge in [0.2, 0.25) is 5.91 Å². The summed E-state index contributed by atoms with van der Waals surface area (Å²) in [6.45, 7) is 4.59. The Kier molecular flexibility index (Phi) is 7.20. The summed E-state index contributed by atoms with van der Waals surface area (Å²) >= 11 is 0. The minimum absolute atomic E-state index is 0.0568. The van der Waals surface area contributed by atoms with Crippen molar-refractivity contribution < 1.29 is 24.2 Å². The van der Waals surface area contributed by atoms with Crippen LogP contribution in [0.25, 0.3) is 11.1 Å². The number of carboxylic acid groups (broad SMARTS) is 1. The molecule has 2 N–H and O–H groups in total. The van der Waals surface area contributed by atoms with Crippen LogP contribution in [0, 0.1) is 11.8 Å². The van der Waals surface area contributed by atoms with E-state index in [0.717, 1.165) is 35.1 Å². The van der Waals surface area contributed by atoms with E-state index in [9.17, 15) is 19.5 Å². The number of aliphatic carboxylic acids is 1. The van der Waals surface area contributed by atoms with Gasteiger partial charge in [-0.2, -0.15) is 0 Å². The highest BCUT2D eigenvalue weighted by molar-refractivity contribution is 5.87. The molecule has 1 fully saturated rings. The van der Waals surface area contributed by atoms with Crippen LogP contribution < -0.4 is 5.32 Å². The predicted molar refractivity (Wildman–Crippen MR) is 128 cm³/mol. The maximum Gasteiger partial charge on any atom is 0.407 e. The topological polar surface area (TPSA) is 95.9 Å². The highest BCUT2D eigenvalue weighted by atomic mass is 16.5. The lowest BCUT2D eigenvalue weighted by Crippen LogP contribution is -2.48. The number of rotatable bonds is 8. The quantitative estimate of drug-likeness (QED) is 0.609. The van der Waals surface area contributed by atoms with Crippen LogP contribution in [0.15, 0.2) is 48.5 Å². The van der Waals surface area contributed by atoms with E-state index in [2.05, 4.69) is 29.6 Å². The Bertz CT molecular complexity index is 1020. The summed E-state index contributed by atoms with van der Waals surface area (Å²) in [4.78, 5) is 38.9. The number of alkyl carbamates (subject to hydrolysis) is 1. The Balaban J connectivity index is 1.41. The van der Waals surface area contributed by atoms with Crippen molar-refractivity contribution in [3.63, 3.8) is 0 Å². The second-order valence-electron chi connectivity index (χ2n) is 9.33. The van der Waals surface area contributed by atoms with Crippen molar-refractivity contribution in [2.45, 2.75) is 45.1 Å². The summed E-state index contributed by atoms with van der Waals surface area (Å²) in [7, 11) is 0. The largest absolute Gasteiger partial charge is 0.481 e. The minimum atomic E-state index is -0.891. The highest BCUT2D eigenvalue weighted by Crippen LogP contribution is 2.44. The van der Waals surface area contributed by atoms with Gasteiger partial charge >= 0.3 is 12.1 Å². The van der Waals surface area contributed by atoms with Crippen molar-refractivity contribution in [1.29, 1.82) is 0 Å². The molecule has 1 aliphatic heterocycles. The van der Waals surface area contributed by atoms with E-state index in [4.69, 9.17) is 4.74 Å². The first kappa shape index (κ1) is 23.8. The van der Waals surface area contributed by atoms with Crippen molar-refractivity contribution in [3.05, 3.63) is 59.7 Å². The van der Waals surface area contributed by atoms with Crippen molar-refractivity contribution in [3.8, 4) is 11.1 Å². The molecule has 0 aromatic heterocycles. The SMILES string of the molecule is CCCC[C@H](NC(=O)OCC1c2ccccc2-c2ccccc21)C(=O)N1C[C@H](C(=O)O)[C@@H](C)C1. The molecule has 1 aliphatic carbocycles. The second-order valence-corrected chi connectivity index (χ2v) is 9.33. The Morgan fingerprint density at radius 1 is 1.06 bits per heavy atom. The summed E-state index contributed by atoms with van der Waals surface area (Å²) < 4.78 is 5.63. The van der Waals surface area contributed by atoms with Gasteiger partial charge in [-0.05, 0) is 34.6 Å². The molecule has 7 nitrogen and oxygen atoms in total. The van der Waals surface area contributed by atoms with Gasteiger partial charge in [0, 0.05) is 19.0 Å². The van der Waals surface area contributed by atoms with Crippen LogP contribution in [0.4, 0.5) is 4.79 Å². The molecule has 7 heteroatoms. The number of carbonyl (C=O) groups is 3. The number of unbranched alkanes of at least 4 members (excludes halogenated alkanes) is 1. The molecule has 0 unspecified atom stereocenters. The molecule has 34 heavy (non-hydrogen) atoms. The summed E-state index contributed by atoms with van der Waals surface area (Å²) in [6.07, 6.45) is 1.51. The summed E-state index contributed by atoms with van der Waals surface area (Å²) in [5.41, 5.74) is 4.56. The van der Waals surface area contributed by atoms with Gasteiger partial charge in [0.05, 0.1) is 5.92 Å². The van der Waals surface area contributed by atoms with Crippen LogP contribution in [-0.4, -0.2) is 53.7 Å². The van der Waals surface area contributed by atoms with Crippen LogP contribution in [0.2, 0.25) is 0 Å². The molecule has 2 aliphatic rings. The molecule has 4 rings (SSSR count). The van der Waals surface area contributed by atoms with Gasteiger partial charge in [0.25, 0.3) is 0 Å². The van der Waals surface area contributed by atoms with E-state index in [0.29, 0.717) is 13.0 Å². The van der Waals surface area contributed by atoms with Gasteiger partial charge in [0.1, 0.15) is 12.6 Å². The van der Waals surface area contributed by atoms with Crippen molar-refractivity contribution in [2.24, 2.45) is 11.8 Å². The van der Waals surface area contributed by atoms with Gasteiger partial charge in [-0.3, -0.25) is 9.59 Å². The fourth-order valence-corrected chi connectivity index (χ4v) is 5.14. The van der Waals surface area contributed by atoms with Crippen LogP contribution >= 0.6 is 0 Å². The van der Waals surface area contributed by atoms with Gasteiger partial charge in [-0.1, -0.05) is 75.2 Å². The smallest absolute Gasteiger partial charge is 0.407 e. The first-order valence-electron chi connectivity index (χ1n) is 12.0. The highest BCUT2D eigenvalue weighted by Gasteiger charge is 2.39. The standard InChI is InChI=1S/C27H32N2O5/c1-3-4-13-24(25(30)29-14-17(2)22(15-29)26(31)32)28-27(33)34-16-23-20-11-7-5-9-18(20)19-10-6-8-12-21(19)23/h5-12,17,22-24H,3-4,13-16H2,1-2H3,(H,28,33)(H,31,32)/t17-,22-,24-/m0/s1. The predicted octanol–water partition coefficient (Wildman–Crippen LogP) is 4.26. The molecule has 1 heterocycles. The Hall–Kier alpha value is -3.35. The third-order valence-corrected chi connectivity index (χ3v) is 7.02. The molecule has 2 aromatic carbocycles. The maximum absolute atomic E-state index is 13.2. The molecule has 0 radical (unpaired) electrons. The lowest BCUT2D eigenvalue weighted by molar-refractivity contribution is -0.142. The van der Waals surface area contributed by atoms with Gasteiger partial charge < -0.3 is 20.1 Å². The first-order chi connectivity index (χ1) is 16.4. The molecule has 2 amide bonds. The van der Waals surface area contributed by atoms with E-state index >= 15 is 0 Å². The number of hydrogen-bond donors (Lipinski definition) is 2. The van der Waals surface area contributed by atoms with E-state index in [1.165, 1.54) is 0 Å². The van der Waals surface area contributed by atoms with Crippen LogP contribution in [-0.2, 0) is 14.3 Å². The average Bonchev–Trinajstić information content (AvgIpc) is 3.38. The van der Waals surface area contributed by atoms with E-state index < -0.39 is 24.0 Å². The molecule has 3 atom stereocenters. The van der Waals surface area contributed by atoms with Crippen molar-refractivity contribution >= 4 is 18.0 Å². The van der Waals surface area contributed by atoms with E-state index in [1.54, 1.807) is 4.90 Å². The van der Waals surface area contributed by atoms with Crippen LogP contribution in [0.3, 0.4) is 0 Å². The molecule has 2 aromatic rings. The van der Waals surface area contributed by atoms with Gasteiger partial charge in [-0.15, -0.1) is 0 Å². The normalized spacial score (nSPS) is 19.9. The maximum atomic E-state index is 13.2. The van der Waals surface area contributed by atoms with Crippen molar-refractivity contribution in [2.75, 3.05) is 19.7 Å². The van der Waals surface area contributed by atoms with Gasteiger partial charge in [0.15, 0.2) is 0 Å². The number of nitrogens with zero attached hydrogens (tertiary/aromatic N) is 1. The number of carbonyl (C=O) groups excluding carboxylic acids is 2. The molecular formula is C27H32N2O5. The zero-order valence-corrected chi connectivity index (χ0v) is 19.7. The number of ether oxygens (including phenoxy) is 1. The van der Waals surface area contributed by atoms with Gasteiger partial charge in [-0.25, -0.2) is 4.79 Å². The summed E-state index contributed by atoms with van der Waals surface area (Å²) in [5.74, 6) is -1.89. The van der Waals surface area contributed by atoms with Crippen LogP contribution in [0.5, 0.6) is 0 Å². The number of benzene rings is 2. The molecule has 1 saturated heterocycles. The fraction of sp³-hybridized carbons (Fsp3) is 0.444. The monoisotopic (exact) mass is 464 g/mol. The molecule has 0 bridgehead atoms. The number of hydrogen-bond acceptors (Lipinski definition) is 4. The van der Waals surface area contributed by atoms with Crippen molar-refractivity contribution in [1.82, 2.24) is 10.2 Å². The zero-order valence-electron chi connectivity index (χ0n) is 19.7. The lowest BCUT2D eigenvalue weighted by Gasteiger charge is -2.24. The molecule has 180 valence electrons.